The van der Waals surface area contributed by atoms with Crippen LogP contribution in [-0.2, 0) is 9.53 Å². The van der Waals surface area contributed by atoms with Crippen molar-refractivity contribution in [1.29, 1.82) is 0 Å². The molecule has 0 aliphatic carbocycles. The fraction of sp³-hybridized carbons (Fsp3) is 0.222. The quantitative estimate of drug-likeness (QED) is 0.617. The molecule has 5 heteroatoms. The van der Waals surface area contributed by atoms with E-state index in [-0.39, 0.29) is 0 Å². The van der Waals surface area contributed by atoms with Gasteiger partial charge in [0.2, 0.25) is 5.90 Å². The first-order valence-electron chi connectivity index (χ1n) is 7.62. The van der Waals surface area contributed by atoms with Gasteiger partial charge in [-0.25, -0.2) is 9.79 Å². The zero-order chi connectivity index (χ0) is 16.2. The minimum absolute atomic E-state index is 0.337. The van der Waals surface area contributed by atoms with Crippen LogP contribution in [-0.4, -0.2) is 25.0 Å². The van der Waals surface area contributed by atoms with E-state index >= 15 is 0 Å². The van der Waals surface area contributed by atoms with E-state index in [2.05, 4.69) is 35.9 Å². The van der Waals surface area contributed by atoms with Gasteiger partial charge in [-0.15, -0.1) is 11.3 Å². The lowest BCUT2D eigenvalue weighted by Gasteiger charge is -2.20. The number of aliphatic imine (C=N–C) groups is 1. The Balaban J connectivity index is 1.82. The smallest absolute Gasteiger partial charge is 0.363 e. The van der Waals surface area contributed by atoms with Crippen LogP contribution in [0.3, 0.4) is 0 Å². The molecule has 0 fully saturated rings. The number of carbonyl (C=O) groups excluding carboxylic acids is 1. The number of hydrogen-bond donors (Lipinski definition) is 0. The molecular weight excluding hydrogens is 308 g/mol. The molecule has 0 spiro atoms. The second kappa shape index (κ2) is 6.79. The largest absolute Gasteiger partial charge is 0.401 e. The standard InChI is InChI=1S/C18H18N2O2S/c1-3-20(4-2)14-9-7-13(8-10-14)12-15-18(21)22-17(19-15)16-6-5-11-23-16/h5-12H,3-4H2,1-2H3/b15-12+. The van der Waals surface area contributed by atoms with Crippen molar-refractivity contribution in [3.8, 4) is 0 Å². The first kappa shape index (κ1) is 15.5. The topological polar surface area (TPSA) is 41.9 Å². The summed E-state index contributed by atoms with van der Waals surface area (Å²) in [5.41, 5.74) is 2.45. The van der Waals surface area contributed by atoms with E-state index < -0.39 is 5.97 Å². The maximum Gasteiger partial charge on any atom is 0.363 e. The summed E-state index contributed by atoms with van der Waals surface area (Å²) in [5, 5.41) is 1.93. The zero-order valence-corrected chi connectivity index (χ0v) is 14.0. The second-order valence-electron chi connectivity index (χ2n) is 5.08. The lowest BCUT2D eigenvalue weighted by molar-refractivity contribution is -0.129. The first-order chi connectivity index (χ1) is 11.2. The summed E-state index contributed by atoms with van der Waals surface area (Å²) >= 11 is 1.50. The van der Waals surface area contributed by atoms with Gasteiger partial charge in [0.1, 0.15) is 0 Å². The van der Waals surface area contributed by atoms with Crippen LogP contribution >= 0.6 is 11.3 Å². The van der Waals surface area contributed by atoms with E-state index in [1.807, 2.05) is 29.6 Å². The molecule has 2 heterocycles. The van der Waals surface area contributed by atoms with E-state index in [0.717, 1.165) is 23.5 Å². The number of thiophene rings is 1. The lowest BCUT2D eigenvalue weighted by Crippen LogP contribution is -2.21. The van der Waals surface area contributed by atoms with E-state index in [1.54, 1.807) is 6.08 Å². The molecule has 0 atom stereocenters. The molecule has 118 valence electrons. The third-order valence-electron chi connectivity index (χ3n) is 3.68. The number of hydrogen-bond acceptors (Lipinski definition) is 5. The zero-order valence-electron chi connectivity index (χ0n) is 13.2. The highest BCUT2D eigenvalue weighted by atomic mass is 32.1. The lowest BCUT2D eigenvalue weighted by atomic mass is 10.1. The van der Waals surface area contributed by atoms with Gasteiger partial charge in [0.05, 0.1) is 4.88 Å². The van der Waals surface area contributed by atoms with Crippen molar-refractivity contribution in [3.63, 3.8) is 0 Å². The highest BCUT2D eigenvalue weighted by Gasteiger charge is 2.24. The van der Waals surface area contributed by atoms with Crippen LogP contribution < -0.4 is 4.90 Å². The maximum absolute atomic E-state index is 11.9. The van der Waals surface area contributed by atoms with Gasteiger partial charge in [-0.1, -0.05) is 18.2 Å². The fourth-order valence-corrected chi connectivity index (χ4v) is 3.09. The molecule has 4 nitrogen and oxygen atoms in total. The van der Waals surface area contributed by atoms with Crippen LogP contribution in [0, 0.1) is 0 Å². The molecular formula is C18H18N2O2S. The van der Waals surface area contributed by atoms with Crippen LogP contribution in [0.4, 0.5) is 5.69 Å². The minimum atomic E-state index is -0.402. The average molecular weight is 326 g/mol. The van der Waals surface area contributed by atoms with Crippen molar-refractivity contribution in [2.45, 2.75) is 13.8 Å². The summed E-state index contributed by atoms with van der Waals surface area (Å²) in [6.07, 6.45) is 1.76. The Labute approximate surface area is 139 Å². The molecule has 3 rings (SSSR count). The molecule has 0 unspecified atom stereocenters. The number of anilines is 1. The predicted octanol–water partition coefficient (Wildman–Crippen LogP) is 3.94. The minimum Gasteiger partial charge on any atom is -0.401 e. The molecule has 1 aromatic heterocycles. The number of carbonyl (C=O) groups is 1. The second-order valence-corrected chi connectivity index (χ2v) is 6.02. The van der Waals surface area contributed by atoms with Crippen molar-refractivity contribution in [2.24, 2.45) is 4.99 Å². The Morgan fingerprint density at radius 2 is 1.91 bits per heavy atom. The van der Waals surface area contributed by atoms with Crippen LogP contribution in [0.5, 0.6) is 0 Å². The van der Waals surface area contributed by atoms with Crippen molar-refractivity contribution < 1.29 is 9.53 Å². The van der Waals surface area contributed by atoms with Crippen LogP contribution in [0.25, 0.3) is 6.08 Å². The number of esters is 1. The first-order valence-corrected chi connectivity index (χ1v) is 8.50. The fourth-order valence-electron chi connectivity index (χ4n) is 2.44. The van der Waals surface area contributed by atoms with Gasteiger partial charge in [-0.3, -0.25) is 0 Å². The third kappa shape index (κ3) is 3.35. The summed E-state index contributed by atoms with van der Waals surface area (Å²) < 4.78 is 5.23. The van der Waals surface area contributed by atoms with Crippen molar-refractivity contribution in [3.05, 3.63) is 57.9 Å². The van der Waals surface area contributed by atoms with Gasteiger partial charge >= 0.3 is 5.97 Å². The normalized spacial score (nSPS) is 15.7. The van der Waals surface area contributed by atoms with Gasteiger partial charge < -0.3 is 9.64 Å². The van der Waals surface area contributed by atoms with Gasteiger partial charge in [-0.2, -0.15) is 0 Å². The number of nitrogens with zero attached hydrogens (tertiary/aromatic N) is 2. The monoisotopic (exact) mass is 326 g/mol. The molecule has 23 heavy (non-hydrogen) atoms. The van der Waals surface area contributed by atoms with Gasteiger partial charge in [0.15, 0.2) is 5.70 Å². The molecule has 0 radical (unpaired) electrons. The Morgan fingerprint density at radius 3 is 2.52 bits per heavy atom. The Bertz CT molecular complexity index is 742. The summed E-state index contributed by atoms with van der Waals surface area (Å²) in [7, 11) is 0. The SMILES string of the molecule is CCN(CC)c1ccc(/C=C2/N=C(c3cccs3)OC2=O)cc1. The molecule has 1 aliphatic heterocycles. The van der Waals surface area contributed by atoms with E-state index in [9.17, 15) is 4.79 Å². The Hall–Kier alpha value is -2.40. The Kier molecular flexibility index (Phi) is 4.57. The van der Waals surface area contributed by atoms with Crippen LogP contribution in [0.2, 0.25) is 0 Å². The maximum atomic E-state index is 11.9. The molecule has 0 bridgehead atoms. The van der Waals surface area contributed by atoms with Gasteiger partial charge in [0.25, 0.3) is 0 Å². The van der Waals surface area contributed by atoms with Crippen molar-refractivity contribution in [2.75, 3.05) is 18.0 Å². The van der Waals surface area contributed by atoms with E-state index in [1.165, 1.54) is 17.0 Å². The highest BCUT2D eigenvalue weighted by molar-refractivity contribution is 7.12. The van der Waals surface area contributed by atoms with Crippen LogP contribution in [0.15, 0.2) is 52.5 Å². The van der Waals surface area contributed by atoms with Crippen molar-refractivity contribution >= 4 is 35.0 Å². The average Bonchev–Trinajstić information content (AvgIpc) is 3.21. The van der Waals surface area contributed by atoms with E-state index in [4.69, 9.17) is 4.74 Å². The summed E-state index contributed by atoms with van der Waals surface area (Å²) in [6, 6.07) is 11.9. The highest BCUT2D eigenvalue weighted by Crippen LogP contribution is 2.22. The molecule has 0 amide bonds. The predicted molar refractivity (Wildman–Crippen MR) is 94.9 cm³/mol. The third-order valence-corrected chi connectivity index (χ3v) is 4.54. The summed E-state index contributed by atoms with van der Waals surface area (Å²) in [4.78, 5) is 19.4. The van der Waals surface area contributed by atoms with E-state index in [0.29, 0.717) is 11.6 Å². The molecule has 0 saturated carbocycles. The number of cyclic esters (lactones) is 1. The number of rotatable bonds is 5. The number of benzene rings is 1. The van der Waals surface area contributed by atoms with Gasteiger partial charge in [-0.05, 0) is 49.1 Å². The summed E-state index contributed by atoms with van der Waals surface area (Å²) in [6.45, 7) is 6.21. The number of ether oxygens (including phenoxy) is 1. The van der Waals surface area contributed by atoms with Crippen LogP contribution in [0.1, 0.15) is 24.3 Å². The molecule has 1 aliphatic rings. The molecule has 2 aromatic rings. The van der Waals surface area contributed by atoms with Gasteiger partial charge in [0, 0.05) is 18.8 Å². The molecule has 0 saturated heterocycles. The molecule has 0 N–H and O–H groups in total. The molecule has 1 aromatic carbocycles. The summed E-state index contributed by atoms with van der Waals surface area (Å²) in [5.74, 6) is -0.0165. The Morgan fingerprint density at radius 1 is 1.17 bits per heavy atom. The van der Waals surface area contributed by atoms with Crippen molar-refractivity contribution in [1.82, 2.24) is 0 Å².